The Balaban J connectivity index is 1.93. The van der Waals surface area contributed by atoms with Gasteiger partial charge in [0.15, 0.2) is 0 Å². The summed E-state index contributed by atoms with van der Waals surface area (Å²) in [6.45, 7) is 3.91. The molecule has 0 atom stereocenters. The average Bonchev–Trinajstić information content (AvgIpc) is 2.81. The van der Waals surface area contributed by atoms with E-state index in [1.807, 2.05) is 13.0 Å². The number of hydrogen-bond acceptors (Lipinski definition) is 3. The molecule has 0 N–H and O–H groups in total. The number of allylic oxidation sites excluding steroid dienone is 2. The molecular weight excluding hydrogens is 288 g/mol. The van der Waals surface area contributed by atoms with Crippen molar-refractivity contribution in [3.05, 3.63) is 34.9 Å². The van der Waals surface area contributed by atoms with Crippen molar-refractivity contribution >= 4 is 17.1 Å². The van der Waals surface area contributed by atoms with Crippen molar-refractivity contribution in [3.63, 3.8) is 0 Å². The van der Waals surface area contributed by atoms with Crippen LogP contribution in [-0.4, -0.2) is 18.7 Å². The predicted octanol–water partition coefficient (Wildman–Crippen LogP) is 4.05. The lowest BCUT2D eigenvalue weighted by Crippen LogP contribution is -2.28. The number of carbonyl (C=O) groups excluding carboxylic acids is 2. The van der Waals surface area contributed by atoms with Crippen LogP contribution in [0.5, 0.6) is 5.75 Å². The van der Waals surface area contributed by atoms with Gasteiger partial charge in [-0.3, -0.25) is 9.59 Å². The molecule has 1 fully saturated rings. The summed E-state index contributed by atoms with van der Waals surface area (Å²) >= 11 is 0. The van der Waals surface area contributed by atoms with Gasteiger partial charge in [-0.2, -0.15) is 0 Å². The van der Waals surface area contributed by atoms with Gasteiger partial charge in [0.25, 0.3) is 0 Å². The second-order valence-electron chi connectivity index (χ2n) is 6.88. The Morgan fingerprint density at radius 1 is 1.13 bits per heavy atom. The number of ether oxygens (including phenoxy) is 1. The van der Waals surface area contributed by atoms with Gasteiger partial charge in [-0.15, -0.1) is 0 Å². The number of benzene rings is 1. The molecule has 3 rings (SSSR count). The van der Waals surface area contributed by atoms with Gasteiger partial charge in [0, 0.05) is 12.8 Å². The van der Waals surface area contributed by atoms with Gasteiger partial charge in [-0.05, 0) is 67.9 Å². The molecule has 3 nitrogen and oxygen atoms in total. The Labute approximate surface area is 137 Å². The molecule has 0 radical (unpaired) electrons. The van der Waals surface area contributed by atoms with Gasteiger partial charge in [-0.25, -0.2) is 0 Å². The fourth-order valence-corrected chi connectivity index (χ4v) is 3.87. The van der Waals surface area contributed by atoms with Gasteiger partial charge in [0.1, 0.15) is 17.3 Å². The third kappa shape index (κ3) is 2.62. The maximum atomic E-state index is 12.1. The Morgan fingerprint density at radius 2 is 1.83 bits per heavy atom. The highest BCUT2D eigenvalue weighted by molar-refractivity contribution is 6.12. The zero-order chi connectivity index (χ0) is 16.6. The summed E-state index contributed by atoms with van der Waals surface area (Å²) in [6.07, 6.45) is 6.65. The molecule has 1 aromatic rings. The van der Waals surface area contributed by atoms with Crippen LogP contribution in [-0.2, 0) is 16.0 Å². The first kappa shape index (κ1) is 16.0. The fraction of sp³-hybridized carbons (Fsp3) is 0.500. The molecule has 1 saturated carbocycles. The van der Waals surface area contributed by atoms with Crippen molar-refractivity contribution in [3.8, 4) is 5.75 Å². The number of fused-ring (bicyclic) bond motifs is 1. The summed E-state index contributed by atoms with van der Waals surface area (Å²) in [5.41, 5.74) is 4.28. The van der Waals surface area contributed by atoms with E-state index >= 15 is 0 Å². The summed E-state index contributed by atoms with van der Waals surface area (Å²) < 4.78 is 5.42. The summed E-state index contributed by atoms with van der Waals surface area (Å²) in [4.78, 5) is 24.2. The van der Waals surface area contributed by atoms with Gasteiger partial charge in [0.05, 0.1) is 12.5 Å². The number of carbonyl (C=O) groups is 2. The minimum Gasteiger partial charge on any atom is -0.496 e. The van der Waals surface area contributed by atoms with E-state index in [2.05, 4.69) is 19.1 Å². The first-order chi connectivity index (χ1) is 11.0. The van der Waals surface area contributed by atoms with E-state index in [1.54, 1.807) is 7.11 Å². The predicted molar refractivity (Wildman–Crippen MR) is 90.6 cm³/mol. The van der Waals surface area contributed by atoms with Crippen LogP contribution in [0.2, 0.25) is 0 Å². The highest BCUT2D eigenvalue weighted by Crippen LogP contribution is 2.39. The van der Waals surface area contributed by atoms with Crippen molar-refractivity contribution < 1.29 is 14.3 Å². The van der Waals surface area contributed by atoms with Crippen molar-refractivity contribution in [1.29, 1.82) is 0 Å². The number of rotatable bonds is 3. The van der Waals surface area contributed by atoms with Gasteiger partial charge in [-0.1, -0.05) is 12.1 Å². The van der Waals surface area contributed by atoms with E-state index < -0.39 is 5.41 Å². The van der Waals surface area contributed by atoms with Crippen LogP contribution < -0.4 is 4.74 Å². The Morgan fingerprint density at radius 3 is 2.48 bits per heavy atom. The molecule has 122 valence electrons. The number of ketones is 2. The smallest absolute Gasteiger partial charge is 0.146 e. The van der Waals surface area contributed by atoms with Crippen LogP contribution in [0, 0.1) is 12.3 Å². The van der Waals surface area contributed by atoms with Crippen LogP contribution >= 0.6 is 0 Å². The molecular formula is C20H24O3. The number of Topliss-reactive ketones (excluding diaryl/α,β-unsaturated/α-hetero) is 2. The van der Waals surface area contributed by atoms with Crippen LogP contribution in [0.15, 0.2) is 18.2 Å². The molecule has 2 aliphatic rings. The summed E-state index contributed by atoms with van der Waals surface area (Å²) in [7, 11) is 1.70. The van der Waals surface area contributed by atoms with E-state index in [1.165, 1.54) is 22.3 Å². The number of methoxy groups -OCH3 is 1. The average molecular weight is 312 g/mol. The standard InChI is InChI=1S/C20H24O3/c1-13-15-6-4-5-14(16(15)7-8-17(13)23-3)11-12-20(2)18(21)9-10-19(20)22/h7-8,11H,4-6,9-10,12H2,1-3H3. The monoisotopic (exact) mass is 312 g/mol. The third-order valence-electron chi connectivity index (χ3n) is 5.55. The van der Waals surface area contributed by atoms with Crippen LogP contribution in [0.4, 0.5) is 0 Å². The SMILES string of the molecule is COc1ccc2c(c1C)CCCC2=CCC1(C)C(=O)CCC1=O. The second kappa shape index (κ2) is 5.95. The van der Waals surface area contributed by atoms with Crippen LogP contribution in [0.1, 0.15) is 55.7 Å². The summed E-state index contributed by atoms with van der Waals surface area (Å²) in [5.74, 6) is 1.13. The van der Waals surface area contributed by atoms with E-state index in [0.29, 0.717) is 19.3 Å². The highest BCUT2D eigenvalue weighted by atomic mass is 16.5. The molecule has 0 aromatic heterocycles. The van der Waals surface area contributed by atoms with Crippen molar-refractivity contribution in [2.45, 2.75) is 52.4 Å². The van der Waals surface area contributed by atoms with E-state index in [9.17, 15) is 9.59 Å². The zero-order valence-corrected chi connectivity index (χ0v) is 14.2. The Hall–Kier alpha value is -1.90. The van der Waals surface area contributed by atoms with Crippen LogP contribution in [0.25, 0.3) is 5.57 Å². The van der Waals surface area contributed by atoms with E-state index in [-0.39, 0.29) is 11.6 Å². The van der Waals surface area contributed by atoms with Crippen molar-refractivity contribution in [1.82, 2.24) is 0 Å². The van der Waals surface area contributed by atoms with Gasteiger partial charge >= 0.3 is 0 Å². The summed E-state index contributed by atoms with van der Waals surface area (Å²) in [6, 6.07) is 4.13. The lowest BCUT2D eigenvalue weighted by Gasteiger charge is -2.24. The van der Waals surface area contributed by atoms with Gasteiger partial charge in [0.2, 0.25) is 0 Å². The highest BCUT2D eigenvalue weighted by Gasteiger charge is 2.44. The topological polar surface area (TPSA) is 43.4 Å². The maximum absolute atomic E-state index is 12.1. The largest absolute Gasteiger partial charge is 0.496 e. The molecule has 0 heterocycles. The third-order valence-corrected chi connectivity index (χ3v) is 5.55. The van der Waals surface area contributed by atoms with E-state index in [0.717, 1.165) is 25.0 Å². The quantitative estimate of drug-likeness (QED) is 0.791. The first-order valence-corrected chi connectivity index (χ1v) is 8.40. The molecule has 0 amide bonds. The van der Waals surface area contributed by atoms with Gasteiger partial charge < -0.3 is 4.74 Å². The van der Waals surface area contributed by atoms with Crippen molar-refractivity contribution in [2.24, 2.45) is 5.41 Å². The minimum absolute atomic E-state index is 0.0984. The molecule has 0 bridgehead atoms. The lowest BCUT2D eigenvalue weighted by atomic mass is 9.79. The lowest BCUT2D eigenvalue weighted by molar-refractivity contribution is -0.133. The van der Waals surface area contributed by atoms with Crippen LogP contribution in [0.3, 0.4) is 0 Å². The number of hydrogen-bond donors (Lipinski definition) is 0. The maximum Gasteiger partial charge on any atom is 0.146 e. The zero-order valence-electron chi connectivity index (χ0n) is 14.2. The normalized spacial score (nSPS) is 21.6. The Kier molecular flexibility index (Phi) is 4.13. The summed E-state index contributed by atoms with van der Waals surface area (Å²) in [5, 5.41) is 0. The van der Waals surface area contributed by atoms with E-state index in [4.69, 9.17) is 4.74 Å². The molecule has 0 unspecified atom stereocenters. The fourth-order valence-electron chi connectivity index (χ4n) is 3.87. The molecule has 3 heteroatoms. The minimum atomic E-state index is -0.799. The van der Waals surface area contributed by atoms with Crippen molar-refractivity contribution in [2.75, 3.05) is 7.11 Å². The molecule has 0 saturated heterocycles. The molecule has 2 aliphatic carbocycles. The second-order valence-corrected chi connectivity index (χ2v) is 6.88. The molecule has 0 aliphatic heterocycles. The molecule has 23 heavy (non-hydrogen) atoms. The Bertz CT molecular complexity index is 681. The molecule has 1 aromatic carbocycles. The first-order valence-electron chi connectivity index (χ1n) is 8.40. The molecule has 0 spiro atoms.